The number of carboxylic acids is 1. The maximum atomic E-state index is 16.4. The molecule has 41 nitrogen and oxygen atoms in total. The van der Waals surface area contributed by atoms with Crippen molar-refractivity contribution in [3.63, 3.8) is 0 Å². The van der Waals surface area contributed by atoms with Crippen molar-refractivity contribution in [1.29, 1.82) is 0 Å². The normalized spacial score (nSPS) is 54.4. The minimum absolute atomic E-state index is 0.0339. The van der Waals surface area contributed by atoms with Crippen LogP contribution in [0.4, 0.5) is 0 Å². The zero-order valence-electron chi connectivity index (χ0n) is 68.0. The summed E-state index contributed by atoms with van der Waals surface area (Å²) in [5, 5.41) is 223. The predicted octanol–water partition coefficient (Wildman–Crippen LogP) is -6.54. The third kappa shape index (κ3) is 16.3. The van der Waals surface area contributed by atoms with E-state index in [-0.39, 0.29) is 25.2 Å². The average molecular weight is 1720 g/mol. The molecule has 5 aliphatic carbocycles. The first-order valence-corrected chi connectivity index (χ1v) is 41.1. The molecule has 47 atom stereocenters. The van der Waals surface area contributed by atoms with Crippen LogP contribution in [0.5, 0.6) is 0 Å². The molecule has 0 aromatic rings. The summed E-state index contributed by atoms with van der Waals surface area (Å²) in [5.74, 6) is -5.30. The third-order valence-electron chi connectivity index (χ3n) is 29.3. The molecule has 20 N–H and O–H groups in total. The second-order valence-electron chi connectivity index (χ2n) is 37.1. The van der Waals surface area contributed by atoms with E-state index in [9.17, 15) is 117 Å². The number of ether oxygens (including phenoxy) is 17. The first-order valence-electron chi connectivity index (χ1n) is 41.1. The number of hydrogen-bond acceptors (Lipinski definition) is 40. The number of carboxylic acid groups (broad SMARTS) is 1. The Morgan fingerprint density at radius 2 is 1.03 bits per heavy atom. The van der Waals surface area contributed by atoms with Gasteiger partial charge in [0.2, 0.25) is 6.29 Å². The minimum Gasteiger partial charge on any atom is -0.479 e. The van der Waals surface area contributed by atoms with Crippen LogP contribution in [0.3, 0.4) is 0 Å². The lowest BCUT2D eigenvalue weighted by atomic mass is 9.33. The molecule has 0 amide bonds. The van der Waals surface area contributed by atoms with Crippen molar-refractivity contribution < 1.29 is 202 Å². The molecule has 13 rings (SSSR count). The summed E-state index contributed by atoms with van der Waals surface area (Å²) in [6.45, 7) is 15.6. The number of carbonyl (C=O) groups excluding carboxylic acids is 3. The van der Waals surface area contributed by atoms with Gasteiger partial charge in [0.25, 0.3) is 0 Å². The van der Waals surface area contributed by atoms with Gasteiger partial charge >= 0.3 is 17.9 Å². The van der Waals surface area contributed by atoms with Crippen LogP contribution in [0.1, 0.15) is 134 Å². The number of aliphatic hydroxyl groups is 19. The molecule has 13 aliphatic rings. The van der Waals surface area contributed by atoms with Gasteiger partial charge < -0.3 is 187 Å². The SMILES string of the molecule is CC(=O)O[C@@H]1[C@H](O[C@@H]2O[C@@H](C)[C@H](O)[C@@H](O)[C@H]2O)[C@@H](O[C@@H]2O[C@@H](C)[C@H](O[C@@H]3OC[C@@H](O)[C@H](O[C@@H]4OC[C@](O)(CO)[C@H]4O)[C@H]3O)[C@@H](O)[C@H]2O)[C@H](OC(=O)[C@]23CCC(C)(C)C[C@H]2C2=CC[C@@H]4[C@@]5(C)CC[C@H](O[C@@H]6O[C@H](C(=O)O)[C@@H](O)[C@H](O[C@@H]7O[C@@H](C)[C@H](O)[C@@H](O)[C@H]7O)[C@H]6O[C@@H]6O[C@H](CO)[C@H](O)[C@H](O)[C@H]6O)[C@@](C)(C=O)[C@@H]5CC[C@@]4(C)[C@]2(C)C[C@H]3O)O[C@@H]1C. The highest BCUT2D eigenvalue weighted by molar-refractivity contribution is 5.80. The number of esters is 2. The zero-order valence-corrected chi connectivity index (χ0v) is 68.0. The van der Waals surface area contributed by atoms with E-state index >= 15 is 4.79 Å². The number of allylic oxidation sites excluding steroid dienone is 2. The van der Waals surface area contributed by atoms with Gasteiger partial charge in [0, 0.05) is 6.92 Å². The van der Waals surface area contributed by atoms with Crippen molar-refractivity contribution in [2.75, 3.05) is 26.4 Å². The molecule has 0 bridgehead atoms. The number of aldehydes is 1. The highest BCUT2D eigenvalue weighted by Crippen LogP contribution is 2.76. The standard InChI is InChI=1S/C78H122O41/c1-27-40(85)43(88)47(92)64(105-27)114-56-51(96)57(62(99)100)115-69(59(56)117-67-49(94)45(90)42(87)35(22-79)110-67)111-39-15-16-73(8)36(74(39,9)24-80)14-17-75(10)37(73)13-12-32-33-20-72(6,7)18-19-78(33,38(84)21-76(32,75)11)71(101)119-68-60(58(54(30(4)108-68)109-31(5)82)116-65-48(93)44(89)41(86)28(2)106-65)118-66-50(95)46(91)53(29(3)107-66)112-63-52(97)55(34(83)23-103-63)113-70-61(98)77(102,25-81)26-104-70/h12,24,27-30,33-61,63-70,79,81,83-98,102H,13-23,25-26H2,1-11H3,(H,99,100)/t27-,28-,29-,30+,33-,34+,35+,36+,37+,38+,39-,40-,41-,42-,43+,44+,45-,46-,47+,48+,49+,50+,51-,52+,53-,54-,55-,56-,57-,58-,59+,60+,61-,63-,64-,65-,66-,67-,68-,69+,70-,73-,74-,75+,76+,77+,78+/m0/s1. The van der Waals surface area contributed by atoms with E-state index in [4.69, 9.17) is 80.5 Å². The molecule has 4 saturated carbocycles. The second-order valence-corrected chi connectivity index (χ2v) is 37.1. The fraction of sp³-hybridized carbons (Fsp3) is 0.923. The van der Waals surface area contributed by atoms with Crippen molar-refractivity contribution in [1.82, 2.24) is 0 Å². The molecule has 680 valence electrons. The van der Waals surface area contributed by atoms with E-state index in [1.807, 2.05) is 13.8 Å². The quantitative estimate of drug-likeness (QED) is 0.0220. The summed E-state index contributed by atoms with van der Waals surface area (Å²) in [4.78, 5) is 57.1. The first kappa shape index (κ1) is 93.1. The Bertz CT molecular complexity index is 3580. The number of hydrogen-bond donors (Lipinski definition) is 20. The highest BCUT2D eigenvalue weighted by Gasteiger charge is 2.74. The van der Waals surface area contributed by atoms with Crippen molar-refractivity contribution in [3.05, 3.63) is 11.6 Å². The summed E-state index contributed by atoms with van der Waals surface area (Å²) in [7, 11) is 0. The zero-order chi connectivity index (χ0) is 87.1. The fourth-order valence-corrected chi connectivity index (χ4v) is 22.0. The molecular formula is C78H122O41. The summed E-state index contributed by atoms with van der Waals surface area (Å²) in [5.41, 5.74) is -7.54. The van der Waals surface area contributed by atoms with E-state index in [1.165, 1.54) is 27.7 Å². The molecule has 8 aliphatic heterocycles. The number of rotatable bonds is 21. The molecule has 119 heavy (non-hydrogen) atoms. The molecule has 0 aromatic heterocycles. The molecule has 8 saturated heterocycles. The van der Waals surface area contributed by atoms with Crippen LogP contribution < -0.4 is 0 Å². The summed E-state index contributed by atoms with van der Waals surface area (Å²) < 4.78 is 104. The molecule has 0 aromatic carbocycles. The van der Waals surface area contributed by atoms with Crippen LogP contribution >= 0.6 is 0 Å². The van der Waals surface area contributed by atoms with Crippen LogP contribution in [0, 0.1) is 50.2 Å². The Labute approximate surface area is 685 Å². The molecule has 12 fully saturated rings. The van der Waals surface area contributed by atoms with Gasteiger partial charge in [0.15, 0.2) is 62.3 Å². The Balaban J connectivity index is 0.789. The molecule has 0 unspecified atom stereocenters. The number of aliphatic hydroxyl groups excluding tert-OH is 18. The highest BCUT2D eigenvalue weighted by atomic mass is 16.8. The van der Waals surface area contributed by atoms with Crippen LogP contribution in [-0.4, -0.2) is 392 Å². The predicted molar refractivity (Wildman–Crippen MR) is 388 cm³/mol. The van der Waals surface area contributed by atoms with E-state index in [0.717, 1.165) is 18.8 Å². The molecule has 8 heterocycles. The van der Waals surface area contributed by atoms with Gasteiger partial charge in [0.05, 0.1) is 68.5 Å². The molecule has 0 radical (unpaired) electrons. The van der Waals surface area contributed by atoms with Gasteiger partial charge in [-0.05, 0) is 125 Å². The number of fused-ring (bicyclic) bond motifs is 7. The van der Waals surface area contributed by atoms with Gasteiger partial charge in [-0.2, -0.15) is 0 Å². The molecule has 0 spiro atoms. The summed E-state index contributed by atoms with van der Waals surface area (Å²) >= 11 is 0. The Morgan fingerprint density at radius 3 is 1.61 bits per heavy atom. The van der Waals surface area contributed by atoms with E-state index in [1.54, 1.807) is 6.92 Å². The first-order chi connectivity index (χ1) is 55.7. The van der Waals surface area contributed by atoms with E-state index in [0.29, 0.717) is 38.5 Å². The largest absolute Gasteiger partial charge is 0.479 e. The maximum Gasteiger partial charge on any atom is 0.335 e. The van der Waals surface area contributed by atoms with Gasteiger partial charge in [-0.25, -0.2) is 4.79 Å². The van der Waals surface area contributed by atoms with Crippen molar-refractivity contribution >= 4 is 24.2 Å². The lowest BCUT2D eigenvalue weighted by Gasteiger charge is -2.71. The Hall–Kier alpha value is -3.54. The van der Waals surface area contributed by atoms with Crippen LogP contribution in [0.15, 0.2) is 11.6 Å². The lowest BCUT2D eigenvalue weighted by Crippen LogP contribution is -2.70. The number of carbonyl (C=O) groups is 4. The van der Waals surface area contributed by atoms with Gasteiger partial charge in [-0.15, -0.1) is 0 Å². The Kier molecular flexibility index (Phi) is 27.3. The van der Waals surface area contributed by atoms with Crippen molar-refractivity contribution in [2.45, 2.75) is 373 Å². The second kappa shape index (κ2) is 34.9. The van der Waals surface area contributed by atoms with Gasteiger partial charge in [-0.3, -0.25) is 9.59 Å². The average Bonchev–Trinajstić information content (AvgIpc) is 0.696. The minimum atomic E-state index is -2.26. The van der Waals surface area contributed by atoms with E-state index in [2.05, 4.69) is 26.8 Å². The van der Waals surface area contributed by atoms with Crippen LogP contribution in [0.2, 0.25) is 0 Å². The smallest absolute Gasteiger partial charge is 0.335 e. The third-order valence-corrected chi connectivity index (χ3v) is 29.3. The Morgan fingerprint density at radius 1 is 0.496 bits per heavy atom. The van der Waals surface area contributed by atoms with Crippen molar-refractivity contribution in [2.24, 2.45) is 50.2 Å². The topological polar surface area (TPSA) is 630 Å². The lowest BCUT2D eigenvalue weighted by molar-refractivity contribution is -0.394. The van der Waals surface area contributed by atoms with Gasteiger partial charge in [-0.1, -0.05) is 53.2 Å². The molecular weight excluding hydrogens is 1590 g/mol. The van der Waals surface area contributed by atoms with Crippen LogP contribution in [-0.2, 0) is 99.7 Å². The van der Waals surface area contributed by atoms with Crippen LogP contribution in [0.25, 0.3) is 0 Å². The summed E-state index contributed by atoms with van der Waals surface area (Å²) in [6, 6.07) is 0. The monoisotopic (exact) mass is 1710 g/mol. The van der Waals surface area contributed by atoms with Crippen molar-refractivity contribution in [3.8, 4) is 0 Å². The van der Waals surface area contributed by atoms with E-state index < -0.39 is 328 Å². The number of aliphatic carboxylic acids is 1. The fourth-order valence-electron chi connectivity index (χ4n) is 22.0. The maximum absolute atomic E-state index is 16.4. The summed E-state index contributed by atoms with van der Waals surface area (Å²) in [6.07, 6.45) is -63.7. The van der Waals surface area contributed by atoms with Gasteiger partial charge in [0.1, 0.15) is 145 Å². The molecule has 41 heteroatoms.